The van der Waals surface area contributed by atoms with Gasteiger partial charge in [0.1, 0.15) is 5.69 Å². The maximum absolute atomic E-state index is 11.3. The zero-order valence-corrected chi connectivity index (χ0v) is 12.1. The molecule has 0 amide bonds. The molecular formula is C13H13N5O2S. The Morgan fingerprint density at radius 3 is 3.05 bits per heavy atom. The average molecular weight is 303 g/mol. The fraction of sp³-hybridized carbons (Fsp3) is 0.231. The van der Waals surface area contributed by atoms with Crippen molar-refractivity contribution >= 4 is 32.9 Å². The monoisotopic (exact) mass is 303 g/mol. The Morgan fingerprint density at radius 1 is 1.48 bits per heavy atom. The molecule has 0 bridgehead atoms. The van der Waals surface area contributed by atoms with Crippen LogP contribution in [0.5, 0.6) is 0 Å². The molecule has 0 fully saturated rings. The molecule has 108 valence electrons. The van der Waals surface area contributed by atoms with E-state index in [9.17, 15) is 10.1 Å². The van der Waals surface area contributed by atoms with Crippen LogP contribution in [-0.4, -0.2) is 26.2 Å². The van der Waals surface area contributed by atoms with Crippen LogP contribution in [0.25, 0.3) is 10.2 Å². The number of thiazole rings is 1. The minimum atomic E-state index is -0.380. The van der Waals surface area contributed by atoms with E-state index in [1.165, 1.54) is 11.3 Å². The van der Waals surface area contributed by atoms with Crippen molar-refractivity contribution in [3.63, 3.8) is 0 Å². The van der Waals surface area contributed by atoms with E-state index in [1.807, 2.05) is 19.3 Å². The van der Waals surface area contributed by atoms with Crippen LogP contribution >= 0.6 is 11.3 Å². The predicted molar refractivity (Wildman–Crippen MR) is 81.7 cm³/mol. The topological polar surface area (TPSA) is 85.9 Å². The molecule has 2 heterocycles. The number of rotatable bonds is 5. The van der Waals surface area contributed by atoms with E-state index in [-0.39, 0.29) is 10.6 Å². The van der Waals surface area contributed by atoms with Crippen molar-refractivity contribution in [3.05, 3.63) is 45.7 Å². The van der Waals surface area contributed by atoms with Crippen molar-refractivity contribution in [2.75, 3.05) is 11.9 Å². The highest BCUT2D eigenvalue weighted by molar-refractivity contribution is 7.16. The van der Waals surface area contributed by atoms with E-state index in [0.717, 1.165) is 16.7 Å². The summed E-state index contributed by atoms with van der Waals surface area (Å²) >= 11 is 1.40. The van der Waals surface area contributed by atoms with Gasteiger partial charge in [0.05, 0.1) is 21.3 Å². The largest absolute Gasteiger partial charge is 0.379 e. The third-order valence-electron chi connectivity index (χ3n) is 3.15. The van der Waals surface area contributed by atoms with Gasteiger partial charge in [-0.15, -0.1) is 11.3 Å². The lowest BCUT2D eigenvalue weighted by Gasteiger charge is -2.06. The number of nitro groups is 1. The maximum Gasteiger partial charge on any atom is 0.319 e. The predicted octanol–water partition coefficient (Wildman–Crippen LogP) is 2.59. The van der Waals surface area contributed by atoms with Crippen molar-refractivity contribution < 1.29 is 4.92 Å². The summed E-state index contributed by atoms with van der Waals surface area (Å²) in [5.41, 5.74) is 3.69. The van der Waals surface area contributed by atoms with Crippen LogP contribution in [0.4, 0.5) is 11.4 Å². The molecule has 21 heavy (non-hydrogen) atoms. The number of nitro benzene ring substituents is 1. The van der Waals surface area contributed by atoms with Gasteiger partial charge in [0.25, 0.3) is 0 Å². The summed E-state index contributed by atoms with van der Waals surface area (Å²) in [6, 6.07) is 3.59. The normalized spacial score (nSPS) is 10.9. The molecule has 0 unspecified atom stereocenters. The van der Waals surface area contributed by atoms with Crippen molar-refractivity contribution in [2.24, 2.45) is 7.05 Å². The van der Waals surface area contributed by atoms with E-state index >= 15 is 0 Å². The van der Waals surface area contributed by atoms with Gasteiger partial charge in [0.2, 0.25) is 0 Å². The number of aromatic nitrogens is 3. The van der Waals surface area contributed by atoms with Crippen molar-refractivity contribution in [3.8, 4) is 0 Å². The number of anilines is 1. The average Bonchev–Trinajstić information content (AvgIpc) is 3.06. The number of benzene rings is 1. The lowest BCUT2D eigenvalue weighted by molar-refractivity contribution is -0.382. The Bertz CT molecular complexity index is 795. The molecule has 1 aromatic carbocycles. The summed E-state index contributed by atoms with van der Waals surface area (Å²) in [5.74, 6) is 0. The molecule has 2 aromatic heterocycles. The van der Waals surface area contributed by atoms with Gasteiger partial charge < -0.3 is 5.32 Å². The van der Waals surface area contributed by atoms with E-state index in [0.29, 0.717) is 17.7 Å². The van der Waals surface area contributed by atoms with Crippen LogP contribution in [0.1, 0.15) is 5.56 Å². The second-order valence-corrected chi connectivity index (χ2v) is 5.50. The van der Waals surface area contributed by atoms with Crippen LogP contribution in [-0.2, 0) is 13.5 Å². The first-order valence-corrected chi connectivity index (χ1v) is 7.25. The van der Waals surface area contributed by atoms with Crippen LogP contribution in [0, 0.1) is 10.1 Å². The second-order valence-electron chi connectivity index (χ2n) is 4.62. The molecule has 1 N–H and O–H groups in total. The number of nitrogens with one attached hydrogen (secondary N) is 1. The summed E-state index contributed by atoms with van der Waals surface area (Å²) in [6.45, 7) is 0.599. The lowest BCUT2D eigenvalue weighted by atomic mass is 10.2. The summed E-state index contributed by atoms with van der Waals surface area (Å²) in [5, 5.41) is 18.5. The summed E-state index contributed by atoms with van der Waals surface area (Å²) in [4.78, 5) is 15.0. The third kappa shape index (κ3) is 2.70. The van der Waals surface area contributed by atoms with Gasteiger partial charge in [0, 0.05) is 19.8 Å². The Morgan fingerprint density at radius 2 is 2.33 bits per heavy atom. The highest BCUT2D eigenvalue weighted by Crippen LogP contribution is 2.34. The fourth-order valence-corrected chi connectivity index (χ4v) is 2.87. The molecule has 8 heteroatoms. The van der Waals surface area contributed by atoms with Crippen LogP contribution in [0.2, 0.25) is 0 Å². The first-order valence-electron chi connectivity index (χ1n) is 6.37. The lowest BCUT2D eigenvalue weighted by Crippen LogP contribution is -2.06. The van der Waals surface area contributed by atoms with Gasteiger partial charge in [-0.25, -0.2) is 4.98 Å². The molecule has 0 aliphatic rings. The van der Waals surface area contributed by atoms with Crippen molar-refractivity contribution in [1.29, 1.82) is 0 Å². The molecule has 0 aliphatic carbocycles. The number of hydrogen-bond donors (Lipinski definition) is 1. The molecular weight excluding hydrogens is 290 g/mol. The molecule has 0 saturated carbocycles. The minimum absolute atomic E-state index is 0.0416. The smallest absolute Gasteiger partial charge is 0.319 e. The third-order valence-corrected chi connectivity index (χ3v) is 3.94. The second kappa shape index (κ2) is 5.49. The van der Waals surface area contributed by atoms with Gasteiger partial charge in [0.15, 0.2) is 5.52 Å². The standard InChI is InChI=1S/C13H13N5O2S/c1-17-7-9(6-16-17)4-5-14-10-2-3-11-12(15-8-21-11)13(10)18(19)20/h2-3,6-8,14H,4-5H2,1H3. The van der Waals surface area contributed by atoms with Crippen LogP contribution in [0.3, 0.4) is 0 Å². The summed E-state index contributed by atoms with van der Waals surface area (Å²) in [6.07, 6.45) is 4.47. The molecule has 3 aromatic rings. The number of nitrogens with zero attached hydrogens (tertiary/aromatic N) is 4. The van der Waals surface area contributed by atoms with Gasteiger partial charge in [-0.1, -0.05) is 0 Å². The van der Waals surface area contributed by atoms with E-state index < -0.39 is 0 Å². The maximum atomic E-state index is 11.3. The first-order chi connectivity index (χ1) is 10.1. The number of aryl methyl sites for hydroxylation is 1. The summed E-state index contributed by atoms with van der Waals surface area (Å²) in [7, 11) is 1.86. The molecule has 0 radical (unpaired) electrons. The molecule has 0 aliphatic heterocycles. The zero-order chi connectivity index (χ0) is 14.8. The van der Waals surface area contributed by atoms with Crippen molar-refractivity contribution in [1.82, 2.24) is 14.8 Å². The van der Waals surface area contributed by atoms with Crippen molar-refractivity contribution in [2.45, 2.75) is 6.42 Å². The molecule has 0 saturated heterocycles. The summed E-state index contributed by atoms with van der Waals surface area (Å²) < 4.78 is 2.55. The number of hydrogen-bond acceptors (Lipinski definition) is 6. The van der Waals surface area contributed by atoms with Gasteiger partial charge in [-0.2, -0.15) is 5.10 Å². The van der Waals surface area contributed by atoms with Crippen LogP contribution < -0.4 is 5.32 Å². The highest BCUT2D eigenvalue weighted by atomic mass is 32.1. The Balaban J connectivity index is 1.80. The minimum Gasteiger partial charge on any atom is -0.379 e. The zero-order valence-electron chi connectivity index (χ0n) is 11.3. The van der Waals surface area contributed by atoms with E-state index in [1.54, 1.807) is 22.5 Å². The molecule has 3 rings (SSSR count). The van der Waals surface area contributed by atoms with E-state index in [2.05, 4.69) is 15.4 Å². The van der Waals surface area contributed by atoms with Gasteiger partial charge in [-0.3, -0.25) is 14.8 Å². The number of fused-ring (bicyclic) bond motifs is 1. The molecule has 0 spiro atoms. The SMILES string of the molecule is Cn1cc(CCNc2ccc3scnc3c2[N+](=O)[O-])cn1. The Hall–Kier alpha value is -2.48. The van der Waals surface area contributed by atoms with Crippen LogP contribution in [0.15, 0.2) is 30.0 Å². The molecule has 7 nitrogen and oxygen atoms in total. The Labute approximate surface area is 124 Å². The van der Waals surface area contributed by atoms with Gasteiger partial charge in [-0.05, 0) is 24.1 Å². The van der Waals surface area contributed by atoms with Gasteiger partial charge >= 0.3 is 5.69 Å². The highest BCUT2D eigenvalue weighted by Gasteiger charge is 2.20. The molecule has 0 atom stereocenters. The Kier molecular flexibility index (Phi) is 3.53. The fourth-order valence-electron chi connectivity index (χ4n) is 2.19. The quantitative estimate of drug-likeness (QED) is 0.578. The first kappa shape index (κ1) is 13.5. The van der Waals surface area contributed by atoms with E-state index in [4.69, 9.17) is 0 Å².